The summed E-state index contributed by atoms with van der Waals surface area (Å²) in [7, 11) is 0. The molecule has 2 amide bonds. The molecule has 0 bridgehead atoms. The largest absolute Gasteiger partial charge is 0.368 e. The number of nitrogens with one attached hydrogen (secondary N) is 1. The molecule has 1 aromatic rings. The molecule has 1 aromatic carbocycles. The van der Waals surface area contributed by atoms with Crippen molar-refractivity contribution in [3.8, 4) is 0 Å². The average Bonchev–Trinajstić information content (AvgIpc) is 3.09. The second-order valence-corrected chi connectivity index (χ2v) is 6.09. The Labute approximate surface area is 134 Å². The number of amides is 2. The lowest BCUT2D eigenvalue weighted by Gasteiger charge is -2.33. The van der Waals surface area contributed by atoms with E-state index in [4.69, 9.17) is 4.74 Å². The number of rotatable bonds is 3. The van der Waals surface area contributed by atoms with Crippen LogP contribution < -0.4 is 5.32 Å². The molecule has 2 aliphatic heterocycles. The Morgan fingerprint density at radius 2 is 2.00 bits per heavy atom. The highest BCUT2D eigenvalue weighted by atomic mass is 19.1. The standard InChI is InChI=1S/C17H21FN2O3/c18-13-4-1-3-12(11-13)16(21)19-14-6-8-20(9-7-14)17(22)15-5-2-10-23-15/h1,3-4,11,14-15H,2,5-10H2,(H,19,21). The summed E-state index contributed by atoms with van der Waals surface area (Å²) >= 11 is 0. The van der Waals surface area contributed by atoms with Crippen molar-refractivity contribution in [2.24, 2.45) is 0 Å². The van der Waals surface area contributed by atoms with Gasteiger partial charge in [0, 0.05) is 31.3 Å². The first kappa shape index (κ1) is 15.9. The molecule has 1 N–H and O–H groups in total. The lowest BCUT2D eigenvalue weighted by molar-refractivity contribution is -0.142. The van der Waals surface area contributed by atoms with Gasteiger partial charge in [0.1, 0.15) is 11.9 Å². The van der Waals surface area contributed by atoms with Gasteiger partial charge in [-0.05, 0) is 43.9 Å². The summed E-state index contributed by atoms with van der Waals surface area (Å²) in [6.45, 7) is 1.90. The van der Waals surface area contributed by atoms with Crippen LogP contribution >= 0.6 is 0 Å². The van der Waals surface area contributed by atoms with Crippen molar-refractivity contribution < 1.29 is 18.7 Å². The van der Waals surface area contributed by atoms with Crippen LogP contribution in [0.25, 0.3) is 0 Å². The number of nitrogens with zero attached hydrogens (tertiary/aromatic N) is 1. The maximum Gasteiger partial charge on any atom is 0.251 e. The minimum absolute atomic E-state index is 0.0133. The van der Waals surface area contributed by atoms with Crippen LogP contribution in [-0.4, -0.2) is 48.6 Å². The van der Waals surface area contributed by atoms with Gasteiger partial charge in [-0.1, -0.05) is 6.07 Å². The predicted molar refractivity (Wildman–Crippen MR) is 82.4 cm³/mol. The molecule has 0 spiro atoms. The molecule has 1 atom stereocenters. The Bertz CT molecular complexity index is 579. The van der Waals surface area contributed by atoms with Gasteiger partial charge in [0.2, 0.25) is 0 Å². The summed E-state index contributed by atoms with van der Waals surface area (Å²) in [4.78, 5) is 26.2. The molecule has 0 aromatic heterocycles. The van der Waals surface area contributed by atoms with E-state index < -0.39 is 5.82 Å². The number of likely N-dealkylation sites (tertiary alicyclic amines) is 1. The Morgan fingerprint density at radius 1 is 1.22 bits per heavy atom. The molecular weight excluding hydrogens is 299 g/mol. The number of piperidine rings is 1. The van der Waals surface area contributed by atoms with Crippen LogP contribution in [0.3, 0.4) is 0 Å². The minimum atomic E-state index is -0.422. The van der Waals surface area contributed by atoms with Crippen molar-refractivity contribution in [2.45, 2.75) is 37.8 Å². The molecule has 124 valence electrons. The van der Waals surface area contributed by atoms with E-state index in [-0.39, 0.29) is 24.0 Å². The van der Waals surface area contributed by atoms with Crippen molar-refractivity contribution >= 4 is 11.8 Å². The Kier molecular flexibility index (Phi) is 4.91. The Hall–Kier alpha value is -1.95. The van der Waals surface area contributed by atoms with Gasteiger partial charge < -0.3 is 15.0 Å². The third kappa shape index (κ3) is 3.88. The fourth-order valence-corrected chi connectivity index (χ4v) is 3.12. The summed E-state index contributed by atoms with van der Waals surface area (Å²) < 4.78 is 18.6. The van der Waals surface area contributed by atoms with Crippen molar-refractivity contribution in [1.29, 1.82) is 0 Å². The molecule has 2 fully saturated rings. The summed E-state index contributed by atoms with van der Waals surface area (Å²) in [5.41, 5.74) is 0.322. The first-order chi connectivity index (χ1) is 11.1. The molecule has 6 heteroatoms. The zero-order valence-electron chi connectivity index (χ0n) is 13.0. The van der Waals surface area contributed by atoms with E-state index in [1.807, 2.05) is 4.90 Å². The molecule has 0 aliphatic carbocycles. The number of ether oxygens (including phenoxy) is 1. The maximum absolute atomic E-state index is 13.2. The van der Waals surface area contributed by atoms with E-state index in [2.05, 4.69) is 5.32 Å². The van der Waals surface area contributed by atoms with E-state index >= 15 is 0 Å². The van der Waals surface area contributed by atoms with E-state index in [1.54, 1.807) is 6.07 Å². The summed E-state index contributed by atoms with van der Waals surface area (Å²) in [6, 6.07) is 5.67. The highest BCUT2D eigenvalue weighted by Crippen LogP contribution is 2.18. The number of hydrogen-bond donors (Lipinski definition) is 1. The van der Waals surface area contributed by atoms with Crippen LogP contribution in [0.1, 0.15) is 36.0 Å². The quantitative estimate of drug-likeness (QED) is 0.923. The van der Waals surface area contributed by atoms with Crippen LogP contribution in [-0.2, 0) is 9.53 Å². The van der Waals surface area contributed by atoms with Crippen LogP contribution in [0.2, 0.25) is 0 Å². The third-order valence-electron chi connectivity index (χ3n) is 4.43. The van der Waals surface area contributed by atoms with E-state index in [1.165, 1.54) is 18.2 Å². The van der Waals surface area contributed by atoms with E-state index in [9.17, 15) is 14.0 Å². The van der Waals surface area contributed by atoms with Gasteiger partial charge in [0.15, 0.2) is 0 Å². The van der Waals surface area contributed by atoms with Crippen LogP contribution in [0.5, 0.6) is 0 Å². The van der Waals surface area contributed by atoms with Gasteiger partial charge in [0.25, 0.3) is 11.8 Å². The normalized spacial score (nSPS) is 22.1. The molecule has 0 radical (unpaired) electrons. The highest BCUT2D eigenvalue weighted by Gasteiger charge is 2.31. The SMILES string of the molecule is O=C(NC1CCN(C(=O)C2CCCO2)CC1)c1cccc(F)c1. The van der Waals surface area contributed by atoms with Crippen molar-refractivity contribution in [3.05, 3.63) is 35.6 Å². The number of carbonyl (C=O) groups is 2. The monoisotopic (exact) mass is 320 g/mol. The van der Waals surface area contributed by atoms with Gasteiger partial charge in [-0.15, -0.1) is 0 Å². The summed E-state index contributed by atoms with van der Waals surface area (Å²) in [6.07, 6.45) is 2.87. The summed E-state index contributed by atoms with van der Waals surface area (Å²) in [5, 5.41) is 2.92. The highest BCUT2D eigenvalue weighted by molar-refractivity contribution is 5.94. The number of halogens is 1. The lowest BCUT2D eigenvalue weighted by Crippen LogP contribution is -2.49. The second-order valence-electron chi connectivity index (χ2n) is 6.09. The van der Waals surface area contributed by atoms with Gasteiger partial charge in [0.05, 0.1) is 0 Å². The molecular formula is C17H21FN2O3. The average molecular weight is 320 g/mol. The second kappa shape index (κ2) is 7.08. The molecule has 3 rings (SSSR count). The summed E-state index contributed by atoms with van der Waals surface area (Å²) in [5.74, 6) is -0.625. The minimum Gasteiger partial charge on any atom is -0.368 e. The number of carbonyl (C=O) groups excluding carboxylic acids is 2. The van der Waals surface area contributed by atoms with E-state index in [0.717, 1.165) is 12.8 Å². The van der Waals surface area contributed by atoms with Gasteiger partial charge in [-0.3, -0.25) is 9.59 Å². The molecule has 5 nitrogen and oxygen atoms in total. The van der Waals surface area contributed by atoms with Gasteiger partial charge in [-0.2, -0.15) is 0 Å². The maximum atomic E-state index is 13.2. The molecule has 2 heterocycles. The van der Waals surface area contributed by atoms with Crippen LogP contribution in [0.15, 0.2) is 24.3 Å². The van der Waals surface area contributed by atoms with Crippen LogP contribution in [0, 0.1) is 5.82 Å². The van der Waals surface area contributed by atoms with Gasteiger partial charge in [-0.25, -0.2) is 4.39 Å². The smallest absolute Gasteiger partial charge is 0.251 e. The zero-order chi connectivity index (χ0) is 16.2. The zero-order valence-corrected chi connectivity index (χ0v) is 13.0. The van der Waals surface area contributed by atoms with Crippen molar-refractivity contribution in [2.75, 3.05) is 19.7 Å². The number of benzene rings is 1. The molecule has 2 saturated heterocycles. The topological polar surface area (TPSA) is 58.6 Å². The van der Waals surface area contributed by atoms with Crippen LogP contribution in [0.4, 0.5) is 4.39 Å². The molecule has 23 heavy (non-hydrogen) atoms. The van der Waals surface area contributed by atoms with E-state index in [0.29, 0.717) is 38.1 Å². The van der Waals surface area contributed by atoms with Crippen molar-refractivity contribution in [3.63, 3.8) is 0 Å². The Morgan fingerprint density at radius 3 is 2.65 bits per heavy atom. The molecule has 1 unspecified atom stereocenters. The van der Waals surface area contributed by atoms with Gasteiger partial charge >= 0.3 is 0 Å². The fourth-order valence-electron chi connectivity index (χ4n) is 3.12. The molecule has 2 aliphatic rings. The third-order valence-corrected chi connectivity index (χ3v) is 4.43. The van der Waals surface area contributed by atoms with Crippen molar-refractivity contribution in [1.82, 2.24) is 10.2 Å². The lowest BCUT2D eigenvalue weighted by atomic mass is 10.0. The first-order valence-electron chi connectivity index (χ1n) is 8.10. The fraction of sp³-hybridized carbons (Fsp3) is 0.529. The number of hydrogen-bond acceptors (Lipinski definition) is 3. The first-order valence-corrected chi connectivity index (χ1v) is 8.10. The predicted octanol–water partition coefficient (Wildman–Crippen LogP) is 1.73. The Balaban J connectivity index is 1.49. The molecule has 0 saturated carbocycles.